The number of carbonyl (C=O) groups excluding carboxylic acids is 2. The van der Waals surface area contributed by atoms with Gasteiger partial charge in [-0.25, -0.2) is 4.79 Å². The molecule has 0 saturated carbocycles. The Morgan fingerprint density at radius 2 is 1.74 bits per heavy atom. The van der Waals surface area contributed by atoms with Gasteiger partial charge in [0, 0.05) is 13.1 Å². The fraction of sp³-hybridized carbons (Fsp3) is 0.353. The zero-order valence-electron chi connectivity index (χ0n) is 14.7. The molecule has 1 aromatic carbocycles. The van der Waals surface area contributed by atoms with Gasteiger partial charge in [0.15, 0.2) is 5.71 Å². The zero-order chi connectivity index (χ0) is 20.2. The van der Waals surface area contributed by atoms with E-state index in [9.17, 15) is 22.8 Å². The van der Waals surface area contributed by atoms with Crippen molar-refractivity contribution in [3.8, 4) is 0 Å². The molecule has 2 rings (SSSR count). The van der Waals surface area contributed by atoms with Crippen LogP contribution in [0.4, 0.5) is 13.2 Å². The Morgan fingerprint density at radius 1 is 1.19 bits per heavy atom. The van der Waals surface area contributed by atoms with E-state index in [1.165, 1.54) is 19.2 Å². The summed E-state index contributed by atoms with van der Waals surface area (Å²) in [5.74, 6) is -1.68. The fourth-order valence-corrected chi connectivity index (χ4v) is 2.49. The van der Waals surface area contributed by atoms with Crippen LogP contribution >= 0.6 is 0 Å². The maximum absolute atomic E-state index is 13.0. The molecular formula is C17H19F3N4O3. The van der Waals surface area contributed by atoms with E-state index < -0.39 is 35.4 Å². The normalized spacial score (nSPS) is 14.6. The highest BCUT2D eigenvalue weighted by atomic mass is 19.4. The summed E-state index contributed by atoms with van der Waals surface area (Å²) < 4.78 is 43.6. The quantitative estimate of drug-likeness (QED) is 0.351. The highest BCUT2D eigenvalue weighted by Crippen LogP contribution is 2.24. The molecule has 146 valence electrons. The molecule has 0 aliphatic carbocycles. The van der Waals surface area contributed by atoms with E-state index in [0.29, 0.717) is 24.2 Å². The van der Waals surface area contributed by atoms with Crippen molar-refractivity contribution in [3.63, 3.8) is 0 Å². The van der Waals surface area contributed by atoms with Gasteiger partial charge in [0.1, 0.15) is 11.4 Å². The molecule has 1 aliphatic rings. The van der Waals surface area contributed by atoms with Gasteiger partial charge < -0.3 is 20.7 Å². The first kappa shape index (κ1) is 20.3. The third kappa shape index (κ3) is 4.78. The molecule has 10 heteroatoms. The van der Waals surface area contributed by atoms with E-state index in [2.05, 4.69) is 20.7 Å². The fourth-order valence-electron chi connectivity index (χ4n) is 2.49. The minimum atomic E-state index is -4.96. The topological polar surface area (TPSA) is 103 Å². The zero-order valence-corrected chi connectivity index (χ0v) is 14.7. The second-order valence-corrected chi connectivity index (χ2v) is 5.79. The molecule has 27 heavy (non-hydrogen) atoms. The molecular weight excluding hydrogens is 365 g/mol. The molecule has 1 atom stereocenters. The lowest BCUT2D eigenvalue weighted by atomic mass is 10.0. The Kier molecular flexibility index (Phi) is 6.09. The molecule has 1 unspecified atom stereocenters. The van der Waals surface area contributed by atoms with Crippen LogP contribution in [0.15, 0.2) is 35.7 Å². The van der Waals surface area contributed by atoms with Crippen LogP contribution in [0.1, 0.15) is 28.9 Å². The Labute approximate surface area is 153 Å². The number of nitrogens with one attached hydrogen (secondary N) is 4. The lowest BCUT2D eigenvalue weighted by molar-refractivity contribution is -0.118. The van der Waals surface area contributed by atoms with Crippen LogP contribution in [0.5, 0.6) is 0 Å². The number of alkyl halides is 3. The van der Waals surface area contributed by atoms with Gasteiger partial charge in [0.25, 0.3) is 5.91 Å². The van der Waals surface area contributed by atoms with Crippen LogP contribution in [-0.2, 0) is 9.53 Å². The Bertz CT molecular complexity index is 765. The van der Waals surface area contributed by atoms with Crippen LogP contribution in [0.3, 0.4) is 0 Å². The first-order valence-electron chi connectivity index (χ1n) is 8.02. The van der Waals surface area contributed by atoms with Crippen molar-refractivity contribution in [3.05, 3.63) is 46.8 Å². The van der Waals surface area contributed by atoms with Gasteiger partial charge in [0.05, 0.1) is 18.7 Å². The van der Waals surface area contributed by atoms with Crippen molar-refractivity contribution in [1.29, 1.82) is 5.41 Å². The molecule has 1 amide bonds. The summed E-state index contributed by atoms with van der Waals surface area (Å²) in [6.07, 6.45) is -4.96. The smallest absolute Gasteiger partial charge is 0.433 e. The van der Waals surface area contributed by atoms with E-state index in [-0.39, 0.29) is 5.82 Å². The Balaban J connectivity index is 2.20. The SMILES string of the molecule is COC(=O)c1ccc(C(C)NC(=O)C(C(=N)C(F)(F)F)=C2NCCN2)cc1. The molecule has 1 aliphatic heterocycles. The molecule has 1 fully saturated rings. The van der Waals surface area contributed by atoms with Gasteiger partial charge in [-0.15, -0.1) is 0 Å². The van der Waals surface area contributed by atoms with Gasteiger partial charge in [-0.2, -0.15) is 13.2 Å². The summed E-state index contributed by atoms with van der Waals surface area (Å²) in [7, 11) is 1.24. The van der Waals surface area contributed by atoms with E-state index >= 15 is 0 Å². The standard InChI is InChI=1S/C17H19F3N4O3/c1-9(10-3-5-11(6-4-10)16(26)27-2)24-15(25)12(13(21)17(18,19)20)14-22-7-8-23-14/h3-6,9,21-23H,7-8H2,1-2H3,(H,24,25). The molecule has 0 aromatic heterocycles. The van der Waals surface area contributed by atoms with Crippen molar-refractivity contribution in [2.75, 3.05) is 20.2 Å². The first-order chi connectivity index (χ1) is 12.6. The lowest BCUT2D eigenvalue weighted by Crippen LogP contribution is -2.38. The summed E-state index contributed by atoms with van der Waals surface area (Å²) in [6, 6.07) is 5.44. The average Bonchev–Trinajstić information content (AvgIpc) is 3.14. The molecule has 7 nitrogen and oxygen atoms in total. The highest BCUT2D eigenvalue weighted by Gasteiger charge is 2.41. The molecule has 1 aromatic rings. The van der Waals surface area contributed by atoms with Gasteiger partial charge in [-0.3, -0.25) is 10.2 Å². The third-order valence-electron chi connectivity index (χ3n) is 3.92. The summed E-state index contributed by atoms with van der Waals surface area (Å²) in [6.45, 7) is 2.28. The number of halogens is 3. The van der Waals surface area contributed by atoms with Crippen LogP contribution in [0, 0.1) is 5.41 Å². The summed E-state index contributed by atoms with van der Waals surface area (Å²) in [4.78, 5) is 23.9. The van der Waals surface area contributed by atoms with Crippen molar-refractivity contribution in [1.82, 2.24) is 16.0 Å². The summed E-state index contributed by atoms with van der Waals surface area (Å²) >= 11 is 0. The summed E-state index contributed by atoms with van der Waals surface area (Å²) in [5.41, 5.74) is -1.64. The largest absolute Gasteiger partial charge is 0.465 e. The number of rotatable bonds is 5. The number of esters is 1. The average molecular weight is 384 g/mol. The number of carbonyl (C=O) groups is 2. The number of methoxy groups -OCH3 is 1. The number of ether oxygens (including phenoxy) is 1. The Morgan fingerprint density at radius 3 is 2.22 bits per heavy atom. The number of hydrogen-bond acceptors (Lipinski definition) is 6. The monoisotopic (exact) mass is 384 g/mol. The van der Waals surface area contributed by atoms with Crippen molar-refractivity contribution in [2.45, 2.75) is 19.1 Å². The molecule has 0 radical (unpaired) electrons. The number of benzene rings is 1. The van der Waals surface area contributed by atoms with Crippen LogP contribution < -0.4 is 16.0 Å². The minimum absolute atomic E-state index is 0.122. The highest BCUT2D eigenvalue weighted by molar-refractivity contribution is 6.23. The van der Waals surface area contributed by atoms with E-state index in [0.717, 1.165) is 0 Å². The third-order valence-corrected chi connectivity index (χ3v) is 3.92. The van der Waals surface area contributed by atoms with E-state index in [1.54, 1.807) is 19.1 Å². The lowest BCUT2D eigenvalue weighted by Gasteiger charge is -2.19. The molecule has 4 N–H and O–H groups in total. The molecule has 1 saturated heterocycles. The van der Waals surface area contributed by atoms with Gasteiger partial charge in [-0.1, -0.05) is 12.1 Å². The van der Waals surface area contributed by atoms with Crippen LogP contribution in [0.25, 0.3) is 0 Å². The van der Waals surface area contributed by atoms with Gasteiger partial charge >= 0.3 is 12.1 Å². The minimum Gasteiger partial charge on any atom is -0.465 e. The first-order valence-corrected chi connectivity index (χ1v) is 8.02. The maximum atomic E-state index is 13.0. The van der Waals surface area contributed by atoms with Gasteiger partial charge in [0.2, 0.25) is 0 Å². The Hall–Kier alpha value is -3.04. The number of hydrogen-bond donors (Lipinski definition) is 4. The molecule has 0 bridgehead atoms. The van der Waals surface area contributed by atoms with Crippen LogP contribution in [0.2, 0.25) is 0 Å². The van der Waals surface area contributed by atoms with Crippen molar-refractivity contribution in [2.24, 2.45) is 0 Å². The van der Waals surface area contributed by atoms with E-state index in [1.807, 2.05) is 0 Å². The second-order valence-electron chi connectivity index (χ2n) is 5.79. The predicted molar refractivity (Wildman–Crippen MR) is 91.2 cm³/mol. The molecule has 1 heterocycles. The second kappa shape index (κ2) is 8.11. The number of amides is 1. The van der Waals surface area contributed by atoms with Gasteiger partial charge in [-0.05, 0) is 24.6 Å². The van der Waals surface area contributed by atoms with Crippen molar-refractivity contribution < 1.29 is 27.5 Å². The predicted octanol–water partition coefficient (Wildman–Crippen LogP) is 1.64. The summed E-state index contributed by atoms with van der Waals surface area (Å²) in [5, 5.41) is 15.1. The maximum Gasteiger partial charge on any atom is 0.433 e. The van der Waals surface area contributed by atoms with Crippen molar-refractivity contribution >= 4 is 17.6 Å². The molecule has 0 spiro atoms. The van der Waals surface area contributed by atoms with E-state index in [4.69, 9.17) is 5.41 Å². The van der Waals surface area contributed by atoms with Crippen LogP contribution in [-0.4, -0.2) is 44.0 Å².